The van der Waals surface area contributed by atoms with Gasteiger partial charge in [-0.1, -0.05) is 43.3 Å². The van der Waals surface area contributed by atoms with Crippen LogP contribution in [0.1, 0.15) is 31.4 Å². The quantitative estimate of drug-likeness (QED) is 0.831. The summed E-state index contributed by atoms with van der Waals surface area (Å²) in [6.07, 6.45) is 2.03. The van der Waals surface area contributed by atoms with E-state index < -0.39 is 0 Å². The minimum atomic E-state index is 0.0344. The van der Waals surface area contributed by atoms with Crippen molar-refractivity contribution in [2.75, 3.05) is 11.9 Å². The van der Waals surface area contributed by atoms with Crippen LogP contribution in [0.5, 0.6) is 5.75 Å². The Kier molecular flexibility index (Phi) is 6.01. The molecule has 3 heteroatoms. The molecular formula is C19H23NO2. The molecule has 0 fully saturated rings. The van der Waals surface area contributed by atoms with E-state index in [1.54, 1.807) is 0 Å². The van der Waals surface area contributed by atoms with Crippen LogP contribution < -0.4 is 10.1 Å². The third-order valence-corrected chi connectivity index (χ3v) is 3.57. The number of hydrogen-bond acceptors (Lipinski definition) is 2. The number of nitrogens with one attached hydrogen (secondary N) is 1. The molecule has 1 amide bonds. The lowest BCUT2D eigenvalue weighted by Crippen LogP contribution is -2.13. The van der Waals surface area contributed by atoms with E-state index in [4.69, 9.17) is 4.74 Å². The lowest BCUT2D eigenvalue weighted by molar-refractivity contribution is -0.116. The molecule has 1 N–H and O–H groups in total. The third-order valence-electron chi connectivity index (χ3n) is 3.57. The number of benzene rings is 2. The van der Waals surface area contributed by atoms with Gasteiger partial charge in [0.15, 0.2) is 0 Å². The second kappa shape index (κ2) is 8.23. The summed E-state index contributed by atoms with van der Waals surface area (Å²) in [6.45, 7) is 4.68. The molecule has 0 unspecified atom stereocenters. The number of rotatable bonds is 7. The predicted molar refractivity (Wildman–Crippen MR) is 90.4 cm³/mol. The molecule has 2 aromatic carbocycles. The highest BCUT2D eigenvalue weighted by Crippen LogP contribution is 2.20. The molecular weight excluding hydrogens is 274 g/mol. The van der Waals surface area contributed by atoms with E-state index in [0.29, 0.717) is 19.4 Å². The van der Waals surface area contributed by atoms with Gasteiger partial charge in [0.25, 0.3) is 0 Å². The van der Waals surface area contributed by atoms with Gasteiger partial charge in [-0.05, 0) is 43.0 Å². The number of aryl methyl sites for hydroxylation is 2. The van der Waals surface area contributed by atoms with Gasteiger partial charge in [0.1, 0.15) is 5.75 Å². The summed E-state index contributed by atoms with van der Waals surface area (Å²) in [6, 6.07) is 15.8. The van der Waals surface area contributed by atoms with Gasteiger partial charge in [-0.3, -0.25) is 4.79 Å². The molecule has 116 valence electrons. The first-order chi connectivity index (χ1) is 10.7. The summed E-state index contributed by atoms with van der Waals surface area (Å²) < 4.78 is 5.59. The summed E-state index contributed by atoms with van der Waals surface area (Å²) in [4.78, 5) is 12.2. The number of amides is 1. The predicted octanol–water partition coefficient (Wildman–Crippen LogP) is 4.22. The zero-order valence-electron chi connectivity index (χ0n) is 13.3. The topological polar surface area (TPSA) is 38.3 Å². The van der Waals surface area contributed by atoms with Crippen molar-refractivity contribution in [2.45, 2.75) is 33.1 Å². The first-order valence-electron chi connectivity index (χ1n) is 7.83. The number of hydrogen-bond donors (Lipinski definition) is 1. The van der Waals surface area contributed by atoms with Gasteiger partial charge in [-0.25, -0.2) is 0 Å². The van der Waals surface area contributed by atoms with Crippen LogP contribution >= 0.6 is 0 Å². The molecule has 0 saturated carbocycles. The highest BCUT2D eigenvalue weighted by molar-refractivity contribution is 5.91. The van der Waals surface area contributed by atoms with Crippen LogP contribution in [0.4, 0.5) is 5.69 Å². The maximum Gasteiger partial charge on any atom is 0.224 e. The van der Waals surface area contributed by atoms with Crippen LogP contribution in [0.2, 0.25) is 0 Å². The Morgan fingerprint density at radius 3 is 2.41 bits per heavy atom. The Hall–Kier alpha value is -2.29. The number of carbonyl (C=O) groups is 1. The normalized spacial score (nSPS) is 10.3. The average molecular weight is 297 g/mol. The third kappa shape index (κ3) is 4.35. The summed E-state index contributed by atoms with van der Waals surface area (Å²) in [5, 5.41) is 3.00. The molecule has 0 atom stereocenters. The Balaban J connectivity index is 1.96. The van der Waals surface area contributed by atoms with Crippen molar-refractivity contribution in [3.8, 4) is 5.75 Å². The van der Waals surface area contributed by atoms with E-state index in [1.807, 2.05) is 55.5 Å². The Labute approximate surface area is 132 Å². The number of anilines is 1. The Bertz CT molecular complexity index is 622. The highest BCUT2D eigenvalue weighted by Gasteiger charge is 2.08. The minimum absolute atomic E-state index is 0.0344. The molecule has 0 aliphatic carbocycles. The molecule has 0 aliphatic heterocycles. The van der Waals surface area contributed by atoms with Gasteiger partial charge in [-0.15, -0.1) is 0 Å². The van der Waals surface area contributed by atoms with Crippen LogP contribution in [-0.4, -0.2) is 12.5 Å². The molecule has 0 radical (unpaired) electrons. The van der Waals surface area contributed by atoms with E-state index in [-0.39, 0.29) is 5.91 Å². The van der Waals surface area contributed by atoms with E-state index >= 15 is 0 Å². The van der Waals surface area contributed by atoms with Crippen molar-refractivity contribution in [3.05, 3.63) is 59.7 Å². The molecule has 2 aromatic rings. The van der Waals surface area contributed by atoms with Gasteiger partial charge < -0.3 is 10.1 Å². The van der Waals surface area contributed by atoms with Gasteiger partial charge >= 0.3 is 0 Å². The van der Waals surface area contributed by atoms with Crippen molar-refractivity contribution in [2.24, 2.45) is 0 Å². The molecule has 3 nitrogen and oxygen atoms in total. The van der Waals surface area contributed by atoms with Crippen LogP contribution in [-0.2, 0) is 17.6 Å². The SMILES string of the molecule is CCOc1ccccc1CCC(=O)Nc1ccccc1CC. The zero-order valence-corrected chi connectivity index (χ0v) is 13.3. The largest absolute Gasteiger partial charge is 0.494 e. The fourth-order valence-electron chi connectivity index (χ4n) is 2.42. The second-order valence-corrected chi connectivity index (χ2v) is 5.10. The van der Waals surface area contributed by atoms with Gasteiger partial charge in [-0.2, -0.15) is 0 Å². The highest BCUT2D eigenvalue weighted by atomic mass is 16.5. The van der Waals surface area contributed by atoms with Crippen molar-refractivity contribution in [1.82, 2.24) is 0 Å². The van der Waals surface area contributed by atoms with E-state index in [0.717, 1.165) is 29.0 Å². The number of ether oxygens (including phenoxy) is 1. The standard InChI is InChI=1S/C19H23NO2/c1-3-15-9-5-7-11-17(15)20-19(21)14-13-16-10-6-8-12-18(16)22-4-2/h5-12H,3-4,13-14H2,1-2H3,(H,20,21). The summed E-state index contributed by atoms with van der Waals surface area (Å²) in [7, 11) is 0. The molecule has 0 saturated heterocycles. The van der Waals surface area contributed by atoms with Gasteiger partial charge in [0.05, 0.1) is 6.61 Å². The Morgan fingerprint density at radius 1 is 1.00 bits per heavy atom. The lowest BCUT2D eigenvalue weighted by atomic mass is 10.1. The zero-order chi connectivity index (χ0) is 15.8. The first-order valence-corrected chi connectivity index (χ1v) is 7.83. The molecule has 0 aromatic heterocycles. The second-order valence-electron chi connectivity index (χ2n) is 5.10. The monoisotopic (exact) mass is 297 g/mol. The summed E-state index contributed by atoms with van der Waals surface area (Å²) in [5.41, 5.74) is 3.14. The van der Waals surface area contributed by atoms with E-state index in [2.05, 4.69) is 12.2 Å². The van der Waals surface area contributed by atoms with E-state index in [9.17, 15) is 4.79 Å². The smallest absolute Gasteiger partial charge is 0.224 e. The van der Waals surface area contributed by atoms with Crippen molar-refractivity contribution < 1.29 is 9.53 Å². The van der Waals surface area contributed by atoms with Crippen LogP contribution in [0.15, 0.2) is 48.5 Å². The molecule has 0 heterocycles. The number of carbonyl (C=O) groups excluding carboxylic acids is 1. The van der Waals surface area contributed by atoms with Crippen molar-refractivity contribution >= 4 is 11.6 Å². The average Bonchev–Trinajstić information content (AvgIpc) is 2.55. The van der Waals surface area contributed by atoms with Crippen LogP contribution in [0.3, 0.4) is 0 Å². The molecule has 0 spiro atoms. The maximum absolute atomic E-state index is 12.2. The molecule has 0 aliphatic rings. The molecule has 2 rings (SSSR count). The van der Waals surface area contributed by atoms with E-state index in [1.165, 1.54) is 0 Å². The Morgan fingerprint density at radius 2 is 1.68 bits per heavy atom. The van der Waals surface area contributed by atoms with Crippen LogP contribution in [0, 0.1) is 0 Å². The number of para-hydroxylation sites is 2. The first kappa shape index (κ1) is 16.1. The fraction of sp³-hybridized carbons (Fsp3) is 0.316. The van der Waals surface area contributed by atoms with Crippen molar-refractivity contribution in [3.63, 3.8) is 0 Å². The van der Waals surface area contributed by atoms with Crippen LogP contribution in [0.25, 0.3) is 0 Å². The lowest BCUT2D eigenvalue weighted by Gasteiger charge is -2.11. The fourth-order valence-corrected chi connectivity index (χ4v) is 2.42. The van der Waals surface area contributed by atoms with Gasteiger partial charge in [0.2, 0.25) is 5.91 Å². The summed E-state index contributed by atoms with van der Waals surface area (Å²) in [5.74, 6) is 0.902. The molecule has 22 heavy (non-hydrogen) atoms. The minimum Gasteiger partial charge on any atom is -0.494 e. The molecule has 0 bridgehead atoms. The van der Waals surface area contributed by atoms with Crippen molar-refractivity contribution in [1.29, 1.82) is 0 Å². The maximum atomic E-state index is 12.2. The summed E-state index contributed by atoms with van der Waals surface area (Å²) >= 11 is 0. The van der Waals surface area contributed by atoms with Gasteiger partial charge in [0, 0.05) is 12.1 Å².